The molecular weight excluding hydrogens is 623 g/mol. The van der Waals surface area contributed by atoms with Gasteiger partial charge in [-0.1, -0.05) is 91.9 Å². The molecule has 0 aliphatic rings. The van der Waals surface area contributed by atoms with Crippen LogP contribution in [0.2, 0.25) is 0 Å². The number of aromatic nitrogens is 3. The Bertz CT molecular complexity index is 2740. The lowest BCUT2D eigenvalue weighted by Crippen LogP contribution is -2.15. The highest BCUT2D eigenvalue weighted by Crippen LogP contribution is 2.39. The van der Waals surface area contributed by atoms with Crippen LogP contribution in [0.1, 0.15) is 56.8 Å². The van der Waals surface area contributed by atoms with Gasteiger partial charge in [-0.05, 0) is 86.3 Å². The summed E-state index contributed by atoms with van der Waals surface area (Å²) in [4.78, 5) is 0. The van der Waals surface area contributed by atoms with E-state index in [2.05, 4.69) is 178 Å². The van der Waals surface area contributed by atoms with Gasteiger partial charge >= 0.3 is 0 Å². The Kier molecular flexibility index (Phi) is 7.76. The van der Waals surface area contributed by atoms with E-state index in [-0.39, 0.29) is 0 Å². The number of benzene rings is 6. The first-order chi connectivity index (χ1) is 25.1. The molecule has 5 nitrogen and oxygen atoms in total. The van der Waals surface area contributed by atoms with Crippen molar-refractivity contribution in [3.63, 3.8) is 0 Å². The van der Waals surface area contributed by atoms with Crippen LogP contribution < -0.4 is 0 Å². The number of para-hydroxylation sites is 4. The minimum absolute atomic E-state index is 0.311. The first-order valence-corrected chi connectivity index (χ1v) is 18.2. The lowest BCUT2D eigenvalue weighted by Gasteiger charge is -2.26. The van der Waals surface area contributed by atoms with Gasteiger partial charge in [0.25, 0.3) is 0 Å². The average molecular weight is 664 g/mol. The zero-order valence-corrected chi connectivity index (χ0v) is 29.4. The zero-order chi connectivity index (χ0) is 34.5. The highest BCUT2D eigenvalue weighted by atomic mass is 15.2. The van der Waals surface area contributed by atoms with E-state index in [0.717, 1.165) is 30.5 Å². The van der Waals surface area contributed by atoms with Crippen molar-refractivity contribution in [1.29, 1.82) is 0 Å². The maximum atomic E-state index is 4.49. The van der Waals surface area contributed by atoms with Gasteiger partial charge in [0.05, 0.1) is 12.4 Å². The fraction of sp³-hybridized carbons (Fsp3) is 0.174. The van der Waals surface area contributed by atoms with Gasteiger partial charge in [0.15, 0.2) is 0 Å². The quantitative estimate of drug-likeness (QED) is 0.109. The molecule has 0 spiro atoms. The Balaban J connectivity index is 1.03. The van der Waals surface area contributed by atoms with E-state index < -0.39 is 0 Å². The molecule has 0 radical (unpaired) electrons. The molecule has 2 atom stereocenters. The molecular formula is C46H41N5. The lowest BCUT2D eigenvalue weighted by molar-refractivity contribution is 0.393. The Morgan fingerprint density at radius 1 is 0.490 bits per heavy atom. The molecule has 0 aliphatic carbocycles. The Morgan fingerprint density at radius 3 is 1.45 bits per heavy atom. The second-order valence-electron chi connectivity index (χ2n) is 13.7. The van der Waals surface area contributed by atoms with Crippen molar-refractivity contribution in [2.75, 3.05) is 0 Å². The van der Waals surface area contributed by atoms with Crippen LogP contribution in [-0.2, 0) is 6.54 Å². The van der Waals surface area contributed by atoms with Crippen LogP contribution in [0.25, 0.3) is 65.4 Å². The van der Waals surface area contributed by atoms with Gasteiger partial charge in [-0.2, -0.15) is 10.2 Å². The average Bonchev–Trinajstić information content (AvgIpc) is 3.81. The summed E-state index contributed by atoms with van der Waals surface area (Å²) in [5.74, 6) is 0. The van der Waals surface area contributed by atoms with Gasteiger partial charge in [-0.15, -0.1) is 0 Å². The van der Waals surface area contributed by atoms with Crippen molar-refractivity contribution in [2.24, 2.45) is 10.2 Å². The summed E-state index contributed by atoms with van der Waals surface area (Å²) in [5.41, 5.74) is 9.74. The van der Waals surface area contributed by atoms with Crippen LogP contribution in [0.15, 0.2) is 144 Å². The summed E-state index contributed by atoms with van der Waals surface area (Å²) >= 11 is 0. The molecule has 0 amide bonds. The molecule has 250 valence electrons. The third-order valence-electron chi connectivity index (χ3n) is 10.8. The molecule has 6 aromatic carbocycles. The summed E-state index contributed by atoms with van der Waals surface area (Å²) in [6.45, 7) is 7.84. The van der Waals surface area contributed by atoms with Crippen molar-refractivity contribution in [3.05, 3.63) is 145 Å². The number of fused-ring (bicyclic) bond motifs is 9. The summed E-state index contributed by atoms with van der Waals surface area (Å²) in [5, 5.41) is 16.6. The molecule has 9 aromatic rings. The molecule has 0 bridgehead atoms. The number of hydrogen-bond acceptors (Lipinski definition) is 2. The molecule has 3 aromatic heterocycles. The van der Waals surface area contributed by atoms with Crippen molar-refractivity contribution in [3.8, 4) is 0 Å². The summed E-state index contributed by atoms with van der Waals surface area (Å²) in [7, 11) is 0. The SMILES string of the molecule is CCC(CC(C)n1c2ccccc2c2ccccc21)n1c2ccccc2c2cc(/C=N/N=C/c3ccc4c(c3)c3ccccc3n4CC)ccc21. The van der Waals surface area contributed by atoms with Crippen LogP contribution in [0, 0.1) is 0 Å². The third kappa shape index (κ3) is 5.15. The fourth-order valence-electron chi connectivity index (χ4n) is 8.57. The predicted octanol–water partition coefficient (Wildman–Crippen LogP) is 12.1. The van der Waals surface area contributed by atoms with Crippen molar-refractivity contribution in [1.82, 2.24) is 13.7 Å². The van der Waals surface area contributed by atoms with E-state index >= 15 is 0 Å². The van der Waals surface area contributed by atoms with Crippen LogP contribution in [0.3, 0.4) is 0 Å². The van der Waals surface area contributed by atoms with E-state index in [1.165, 1.54) is 65.4 Å². The van der Waals surface area contributed by atoms with E-state index in [4.69, 9.17) is 0 Å². The zero-order valence-electron chi connectivity index (χ0n) is 29.4. The topological polar surface area (TPSA) is 39.5 Å². The van der Waals surface area contributed by atoms with Crippen molar-refractivity contribution in [2.45, 2.75) is 52.2 Å². The van der Waals surface area contributed by atoms with Crippen molar-refractivity contribution < 1.29 is 0 Å². The molecule has 9 rings (SSSR count). The minimum Gasteiger partial charge on any atom is -0.341 e. The molecule has 51 heavy (non-hydrogen) atoms. The number of nitrogens with zero attached hydrogens (tertiary/aromatic N) is 5. The van der Waals surface area contributed by atoms with Crippen LogP contribution in [0.5, 0.6) is 0 Å². The molecule has 3 heterocycles. The maximum absolute atomic E-state index is 4.49. The van der Waals surface area contributed by atoms with Crippen molar-refractivity contribution >= 4 is 77.8 Å². The van der Waals surface area contributed by atoms with Gasteiger partial charge in [0.2, 0.25) is 0 Å². The van der Waals surface area contributed by atoms with E-state index in [1.54, 1.807) is 0 Å². The van der Waals surface area contributed by atoms with Crippen LogP contribution in [-0.4, -0.2) is 26.1 Å². The van der Waals surface area contributed by atoms with Crippen LogP contribution in [0.4, 0.5) is 0 Å². The number of aryl methyl sites for hydroxylation is 1. The van der Waals surface area contributed by atoms with E-state index in [0.29, 0.717) is 12.1 Å². The highest BCUT2D eigenvalue weighted by Gasteiger charge is 2.22. The normalized spacial score (nSPS) is 13.7. The second kappa shape index (κ2) is 12.7. The smallest absolute Gasteiger partial charge is 0.0568 e. The third-order valence-corrected chi connectivity index (χ3v) is 10.8. The van der Waals surface area contributed by atoms with E-state index in [1.807, 2.05) is 12.4 Å². The van der Waals surface area contributed by atoms with E-state index in [9.17, 15) is 0 Å². The molecule has 0 fully saturated rings. The Hall–Kier alpha value is -5.94. The molecule has 0 aliphatic heterocycles. The molecule has 0 saturated heterocycles. The van der Waals surface area contributed by atoms with Gasteiger partial charge in [0, 0.05) is 84.0 Å². The monoisotopic (exact) mass is 663 g/mol. The summed E-state index contributed by atoms with van der Waals surface area (Å²) in [6, 6.07) is 49.0. The molecule has 2 unspecified atom stereocenters. The molecule has 0 saturated carbocycles. The number of hydrogen-bond donors (Lipinski definition) is 0. The van der Waals surface area contributed by atoms with Gasteiger partial charge in [0.1, 0.15) is 0 Å². The Morgan fingerprint density at radius 2 is 0.902 bits per heavy atom. The summed E-state index contributed by atoms with van der Waals surface area (Å²) in [6.07, 6.45) is 5.78. The fourth-order valence-corrected chi connectivity index (χ4v) is 8.57. The van der Waals surface area contributed by atoms with Gasteiger partial charge < -0.3 is 13.7 Å². The maximum Gasteiger partial charge on any atom is 0.0568 e. The molecule has 0 N–H and O–H groups in total. The lowest BCUT2D eigenvalue weighted by atomic mass is 10.0. The second-order valence-corrected chi connectivity index (χ2v) is 13.7. The van der Waals surface area contributed by atoms with Crippen LogP contribution >= 0.6 is 0 Å². The Labute approximate surface area is 297 Å². The largest absolute Gasteiger partial charge is 0.341 e. The first-order valence-electron chi connectivity index (χ1n) is 18.2. The standard InChI is InChI=1S/C46H41N5/c1-4-34(26-31(3)50-43-19-11-7-14-35(43)36-15-8-12-20-44(36)50)51-45-21-13-9-17-38(45)40-28-33(23-25-46(40)51)30-48-47-29-32-22-24-42-39(27-32)37-16-6-10-18-41(37)49(42)5-2/h6-25,27-31,34H,4-5,26H2,1-3H3/b47-29+,48-30+. The first kappa shape index (κ1) is 31.1. The predicted molar refractivity (Wildman–Crippen MR) is 218 cm³/mol. The molecule has 5 heteroatoms. The minimum atomic E-state index is 0.311. The summed E-state index contributed by atoms with van der Waals surface area (Å²) < 4.78 is 7.50. The van der Waals surface area contributed by atoms with Gasteiger partial charge in [-0.3, -0.25) is 0 Å². The van der Waals surface area contributed by atoms with Gasteiger partial charge in [-0.25, -0.2) is 0 Å². The number of rotatable bonds is 9. The highest BCUT2D eigenvalue weighted by molar-refractivity contribution is 6.11.